The van der Waals surface area contributed by atoms with Crippen LogP contribution in [-0.2, 0) is 4.74 Å². The molecule has 1 rings (SSSR count). The Bertz CT molecular complexity index is 399. The van der Waals surface area contributed by atoms with Gasteiger partial charge in [-0.25, -0.2) is 0 Å². The third-order valence-electron chi connectivity index (χ3n) is 3.71. The molecule has 0 amide bonds. The molecule has 0 saturated carbocycles. The molecule has 1 aliphatic rings. The summed E-state index contributed by atoms with van der Waals surface area (Å²) in [6, 6.07) is 0. The van der Waals surface area contributed by atoms with E-state index >= 15 is 0 Å². The van der Waals surface area contributed by atoms with E-state index in [2.05, 4.69) is 0 Å². The van der Waals surface area contributed by atoms with Gasteiger partial charge in [0.1, 0.15) is 61.0 Å². The summed E-state index contributed by atoms with van der Waals surface area (Å²) >= 11 is 0. The molecular weight excluding hydrogens is 320 g/mol. The highest BCUT2D eigenvalue weighted by Gasteiger charge is 2.49. The molecule has 0 aromatic carbocycles. The molecule has 10 N–H and O–H groups in total. The van der Waals surface area contributed by atoms with E-state index in [1.165, 1.54) is 0 Å². The molecule has 0 aliphatic carbocycles. The van der Waals surface area contributed by atoms with E-state index in [0.717, 1.165) is 0 Å². The molecule has 1 heterocycles. The Labute approximate surface area is 132 Å². The summed E-state index contributed by atoms with van der Waals surface area (Å²) < 4.78 is 12.8. The lowest BCUT2D eigenvalue weighted by Gasteiger charge is -2.43. The maximum atomic E-state index is 10.1. The molecule has 0 bridgehead atoms. The van der Waals surface area contributed by atoms with E-state index in [-0.39, 0.29) is 0 Å². The third-order valence-corrected chi connectivity index (χ3v) is 3.71. The number of hydrogen-bond donors (Lipinski definition) is 10. The summed E-state index contributed by atoms with van der Waals surface area (Å²) in [5.41, 5.74) is 0. The van der Waals surface area contributed by atoms with Crippen molar-refractivity contribution in [2.75, 3.05) is 13.2 Å². The minimum Gasteiger partial charge on any atom is -0.394 e. The van der Waals surface area contributed by atoms with Crippen LogP contribution < -0.4 is 0 Å². The van der Waals surface area contributed by atoms with Crippen molar-refractivity contribution in [1.82, 2.24) is 0 Å². The smallest absolute Gasteiger partial charge is 0.115 e. The van der Waals surface area contributed by atoms with Gasteiger partial charge in [-0.05, 0) is 0 Å². The summed E-state index contributed by atoms with van der Waals surface area (Å²) in [6.45, 7) is -1.85. The average Bonchev–Trinajstić information content (AvgIpc) is 2.59. The molecule has 0 spiro atoms. The minimum atomic E-state index is -2.88. The van der Waals surface area contributed by atoms with Crippen molar-refractivity contribution in [3.05, 3.63) is 0 Å². The maximum Gasteiger partial charge on any atom is 0.115 e. The molecule has 2 unspecified atom stereocenters. The summed E-state index contributed by atoms with van der Waals surface area (Å²) in [4.78, 5) is 0. The second-order valence-electron chi connectivity index (χ2n) is 5.33. The fourth-order valence-corrected chi connectivity index (χ4v) is 2.17. The molecular formula is C12H24O11. The maximum absolute atomic E-state index is 10.1. The standard InChI is InChI=1S/C12H24O11/c13-1-3(15)5(16)7(18)9(20)11(22)12-10(21)8(19)6(17)4(2-14)23-12/h3-22H,1-2H2/t3-,4-,5-,6-,7+,8+,9+,10+,11?,12?/m1/s1/i12D. The van der Waals surface area contributed by atoms with Crippen molar-refractivity contribution < 1.29 is 57.2 Å². The number of hydrogen-bond acceptors (Lipinski definition) is 11. The largest absolute Gasteiger partial charge is 0.394 e. The van der Waals surface area contributed by atoms with Crippen molar-refractivity contribution in [3.8, 4) is 0 Å². The molecule has 1 saturated heterocycles. The SMILES string of the molecule is [2H]C1(C(O)[C@@H](O)[C@@H](O)[C@H](O)[C@H](O)CO)O[C@H](CO)[C@@H](O)[C@H](O)[C@@H]1O. The molecule has 11 heteroatoms. The summed E-state index contributed by atoms with van der Waals surface area (Å²) in [5.74, 6) is 0. The lowest BCUT2D eigenvalue weighted by Crippen LogP contribution is -2.64. The van der Waals surface area contributed by atoms with E-state index in [1.807, 2.05) is 0 Å². The Morgan fingerprint density at radius 3 is 1.87 bits per heavy atom. The van der Waals surface area contributed by atoms with Crippen molar-refractivity contribution >= 4 is 0 Å². The fourth-order valence-electron chi connectivity index (χ4n) is 2.17. The van der Waals surface area contributed by atoms with Gasteiger partial charge in [0.25, 0.3) is 0 Å². The minimum absolute atomic E-state index is 0.886. The highest BCUT2D eigenvalue weighted by Crippen LogP contribution is 2.25. The molecule has 1 aliphatic heterocycles. The molecule has 23 heavy (non-hydrogen) atoms. The number of aliphatic hydroxyl groups is 10. The zero-order valence-electron chi connectivity index (χ0n) is 13.0. The molecule has 1 fully saturated rings. The predicted octanol–water partition coefficient (Wildman–Crippen LogP) is -6.37. The Hall–Kier alpha value is -0.440. The van der Waals surface area contributed by atoms with Gasteiger partial charge in [0.15, 0.2) is 0 Å². The highest BCUT2D eigenvalue weighted by molar-refractivity contribution is 4.98. The molecule has 138 valence electrons. The van der Waals surface area contributed by atoms with Crippen LogP contribution in [0.2, 0.25) is 0 Å². The first kappa shape index (κ1) is 18.9. The van der Waals surface area contributed by atoms with Gasteiger partial charge < -0.3 is 55.8 Å². The van der Waals surface area contributed by atoms with Gasteiger partial charge >= 0.3 is 0 Å². The van der Waals surface area contributed by atoms with E-state index in [9.17, 15) is 40.9 Å². The summed E-state index contributed by atoms with van der Waals surface area (Å²) in [7, 11) is 0. The zero-order valence-corrected chi connectivity index (χ0v) is 12.0. The van der Waals surface area contributed by atoms with Crippen molar-refractivity contribution in [3.63, 3.8) is 0 Å². The normalized spacial score (nSPS) is 42.4. The predicted molar refractivity (Wildman–Crippen MR) is 70.9 cm³/mol. The number of rotatable bonds is 7. The second-order valence-corrected chi connectivity index (χ2v) is 5.33. The highest BCUT2D eigenvalue weighted by atomic mass is 16.6. The van der Waals surface area contributed by atoms with E-state index < -0.39 is 74.2 Å². The molecule has 0 radical (unpaired) electrons. The summed E-state index contributed by atoms with van der Waals surface area (Å²) in [6.07, 6.45) is -21.5. The van der Waals surface area contributed by atoms with Gasteiger partial charge in [0.2, 0.25) is 0 Å². The Morgan fingerprint density at radius 1 is 0.826 bits per heavy atom. The number of aliphatic hydroxyl groups excluding tert-OH is 10. The molecule has 10 atom stereocenters. The molecule has 11 nitrogen and oxygen atoms in total. The lowest BCUT2D eigenvalue weighted by atomic mass is 9.88. The van der Waals surface area contributed by atoms with Crippen LogP contribution in [0.5, 0.6) is 0 Å². The van der Waals surface area contributed by atoms with Gasteiger partial charge in [0, 0.05) is 0 Å². The van der Waals surface area contributed by atoms with Gasteiger partial charge in [-0.2, -0.15) is 0 Å². The molecule has 0 aromatic heterocycles. The lowest BCUT2D eigenvalue weighted by molar-refractivity contribution is -0.264. The first-order chi connectivity index (χ1) is 11.0. The van der Waals surface area contributed by atoms with Crippen LogP contribution in [0.3, 0.4) is 0 Å². The Balaban J connectivity index is 2.99. The Morgan fingerprint density at radius 2 is 1.39 bits per heavy atom. The van der Waals surface area contributed by atoms with Gasteiger partial charge in [-0.3, -0.25) is 0 Å². The van der Waals surface area contributed by atoms with Gasteiger partial charge in [-0.1, -0.05) is 0 Å². The quantitative estimate of drug-likeness (QED) is 0.209. The first-order valence-corrected chi connectivity index (χ1v) is 6.87. The fraction of sp³-hybridized carbons (Fsp3) is 1.00. The van der Waals surface area contributed by atoms with Crippen LogP contribution in [0.1, 0.15) is 1.37 Å². The third kappa shape index (κ3) is 4.35. The van der Waals surface area contributed by atoms with E-state index in [1.54, 1.807) is 0 Å². The van der Waals surface area contributed by atoms with Crippen LogP contribution in [0.25, 0.3) is 0 Å². The van der Waals surface area contributed by atoms with Crippen LogP contribution in [0.15, 0.2) is 0 Å². The average molecular weight is 345 g/mol. The summed E-state index contributed by atoms with van der Waals surface area (Å²) in [5, 5.41) is 95.3. The topological polar surface area (TPSA) is 212 Å². The van der Waals surface area contributed by atoms with Crippen molar-refractivity contribution in [2.45, 2.75) is 61.0 Å². The van der Waals surface area contributed by atoms with Crippen LogP contribution in [0, 0.1) is 0 Å². The first-order valence-electron chi connectivity index (χ1n) is 7.37. The monoisotopic (exact) mass is 345 g/mol. The second kappa shape index (κ2) is 8.60. The Kier molecular flexibility index (Phi) is 7.06. The van der Waals surface area contributed by atoms with Gasteiger partial charge in [-0.15, -0.1) is 0 Å². The van der Waals surface area contributed by atoms with E-state index in [0.29, 0.717) is 0 Å². The van der Waals surface area contributed by atoms with Crippen LogP contribution >= 0.6 is 0 Å². The van der Waals surface area contributed by atoms with Gasteiger partial charge in [0.05, 0.1) is 14.6 Å². The molecule has 0 aromatic rings. The van der Waals surface area contributed by atoms with Crippen molar-refractivity contribution in [1.29, 1.82) is 0 Å². The van der Waals surface area contributed by atoms with Crippen LogP contribution in [-0.4, -0.2) is 125 Å². The zero-order chi connectivity index (χ0) is 18.8. The van der Waals surface area contributed by atoms with E-state index in [4.69, 9.17) is 16.3 Å². The number of ether oxygens (including phenoxy) is 1. The van der Waals surface area contributed by atoms with Crippen molar-refractivity contribution in [2.24, 2.45) is 0 Å². The van der Waals surface area contributed by atoms with Crippen LogP contribution in [0.4, 0.5) is 0 Å².